The lowest BCUT2D eigenvalue weighted by Crippen LogP contribution is -2.57. The molecular weight excluding hydrogens is 236 g/mol. The SMILES string of the molecule is CC1(C)CN(c2ncc(C=O)s2)CC(C)(C)O1. The Hall–Kier alpha value is -0.940. The van der Waals surface area contributed by atoms with Crippen LogP contribution in [-0.4, -0.2) is 35.6 Å². The third kappa shape index (κ3) is 2.84. The minimum absolute atomic E-state index is 0.200. The van der Waals surface area contributed by atoms with Gasteiger partial charge in [-0.1, -0.05) is 11.3 Å². The first kappa shape index (κ1) is 12.5. The summed E-state index contributed by atoms with van der Waals surface area (Å²) in [5.74, 6) is 0. The van der Waals surface area contributed by atoms with Gasteiger partial charge in [0.25, 0.3) is 0 Å². The predicted molar refractivity (Wildman–Crippen MR) is 69.0 cm³/mol. The molecule has 0 unspecified atom stereocenters. The number of morpholine rings is 1. The molecule has 0 N–H and O–H groups in total. The van der Waals surface area contributed by atoms with Gasteiger partial charge in [0.2, 0.25) is 0 Å². The molecule has 2 rings (SSSR count). The minimum atomic E-state index is -0.200. The van der Waals surface area contributed by atoms with E-state index in [2.05, 4.69) is 37.6 Å². The van der Waals surface area contributed by atoms with Crippen LogP contribution in [0.5, 0.6) is 0 Å². The molecule has 4 nitrogen and oxygen atoms in total. The molecule has 94 valence electrons. The Balaban J connectivity index is 2.23. The van der Waals surface area contributed by atoms with E-state index in [-0.39, 0.29) is 11.2 Å². The molecule has 0 bridgehead atoms. The fourth-order valence-corrected chi connectivity index (χ4v) is 3.13. The van der Waals surface area contributed by atoms with E-state index in [4.69, 9.17) is 4.74 Å². The van der Waals surface area contributed by atoms with Crippen LogP contribution >= 0.6 is 11.3 Å². The van der Waals surface area contributed by atoms with Crippen molar-refractivity contribution < 1.29 is 9.53 Å². The van der Waals surface area contributed by atoms with Crippen molar-refractivity contribution in [3.63, 3.8) is 0 Å². The molecule has 1 fully saturated rings. The maximum atomic E-state index is 10.7. The van der Waals surface area contributed by atoms with Gasteiger partial charge >= 0.3 is 0 Å². The van der Waals surface area contributed by atoms with E-state index in [0.29, 0.717) is 4.88 Å². The van der Waals surface area contributed by atoms with Crippen LogP contribution in [0.25, 0.3) is 0 Å². The highest BCUT2D eigenvalue weighted by atomic mass is 32.1. The standard InChI is InChI=1S/C12H18N2O2S/c1-11(2)7-14(8-12(3,4)16-11)10-13-5-9(6-15)17-10/h5-6H,7-8H2,1-4H3. The van der Waals surface area contributed by atoms with Crippen molar-refractivity contribution >= 4 is 22.8 Å². The molecule has 0 amide bonds. The fourth-order valence-electron chi connectivity index (χ4n) is 2.40. The second kappa shape index (κ2) is 4.07. The molecule has 0 aliphatic carbocycles. The molecule has 0 radical (unpaired) electrons. The van der Waals surface area contributed by atoms with Crippen molar-refractivity contribution in [2.45, 2.75) is 38.9 Å². The molecule has 1 aliphatic heterocycles. The van der Waals surface area contributed by atoms with E-state index in [1.54, 1.807) is 6.20 Å². The lowest BCUT2D eigenvalue weighted by atomic mass is 9.99. The number of carbonyl (C=O) groups excluding carboxylic acids is 1. The van der Waals surface area contributed by atoms with Crippen LogP contribution < -0.4 is 4.90 Å². The van der Waals surface area contributed by atoms with Crippen molar-refractivity contribution in [3.05, 3.63) is 11.1 Å². The van der Waals surface area contributed by atoms with E-state index in [1.165, 1.54) is 11.3 Å². The van der Waals surface area contributed by atoms with Gasteiger partial charge in [0.1, 0.15) is 0 Å². The van der Waals surface area contributed by atoms with E-state index >= 15 is 0 Å². The first-order valence-corrected chi connectivity index (χ1v) is 6.49. The highest BCUT2D eigenvalue weighted by Gasteiger charge is 2.38. The summed E-state index contributed by atoms with van der Waals surface area (Å²) in [5, 5.41) is 0.900. The van der Waals surface area contributed by atoms with Gasteiger partial charge < -0.3 is 9.64 Å². The van der Waals surface area contributed by atoms with Crippen LogP contribution in [0.1, 0.15) is 37.4 Å². The van der Waals surface area contributed by atoms with Gasteiger partial charge in [-0.3, -0.25) is 4.79 Å². The first-order valence-electron chi connectivity index (χ1n) is 5.67. The summed E-state index contributed by atoms with van der Waals surface area (Å²) < 4.78 is 6.01. The summed E-state index contributed by atoms with van der Waals surface area (Å²) in [6.07, 6.45) is 2.47. The van der Waals surface area contributed by atoms with Crippen LogP contribution in [0, 0.1) is 0 Å². The third-order valence-corrected chi connectivity index (χ3v) is 3.58. The number of rotatable bonds is 2. The average molecular weight is 254 g/mol. The molecule has 2 heterocycles. The van der Waals surface area contributed by atoms with Crippen LogP contribution in [0.4, 0.5) is 5.13 Å². The molecule has 17 heavy (non-hydrogen) atoms. The molecular formula is C12H18N2O2S. The molecule has 1 saturated heterocycles. The van der Waals surface area contributed by atoms with Crippen LogP contribution in [0.3, 0.4) is 0 Å². The number of thiazole rings is 1. The zero-order valence-electron chi connectivity index (χ0n) is 10.7. The monoisotopic (exact) mass is 254 g/mol. The fraction of sp³-hybridized carbons (Fsp3) is 0.667. The summed E-state index contributed by atoms with van der Waals surface area (Å²) in [5.41, 5.74) is -0.399. The molecule has 0 aromatic carbocycles. The van der Waals surface area contributed by atoms with Gasteiger partial charge in [-0.05, 0) is 27.7 Å². The highest BCUT2D eigenvalue weighted by Crippen LogP contribution is 2.32. The Labute approximate surface area is 106 Å². The maximum Gasteiger partial charge on any atom is 0.186 e. The van der Waals surface area contributed by atoms with E-state index in [0.717, 1.165) is 24.5 Å². The number of nitrogens with zero attached hydrogens (tertiary/aromatic N) is 2. The topological polar surface area (TPSA) is 42.4 Å². The summed E-state index contributed by atoms with van der Waals surface area (Å²) >= 11 is 1.43. The number of carbonyl (C=O) groups is 1. The molecule has 1 aromatic heterocycles. The van der Waals surface area contributed by atoms with E-state index < -0.39 is 0 Å². The number of aromatic nitrogens is 1. The normalized spacial score (nSPS) is 22.5. The van der Waals surface area contributed by atoms with Crippen molar-refractivity contribution in [1.82, 2.24) is 4.98 Å². The Bertz CT molecular complexity index is 410. The number of ether oxygens (including phenoxy) is 1. The molecule has 0 atom stereocenters. The zero-order chi connectivity index (χ0) is 12.7. The largest absolute Gasteiger partial charge is 0.366 e. The quantitative estimate of drug-likeness (QED) is 0.760. The smallest absolute Gasteiger partial charge is 0.186 e. The van der Waals surface area contributed by atoms with Gasteiger partial charge in [0, 0.05) is 13.1 Å². The molecule has 1 aliphatic rings. The predicted octanol–water partition coefficient (Wildman–Crippen LogP) is 2.35. The second-order valence-corrected chi connectivity index (χ2v) is 6.68. The van der Waals surface area contributed by atoms with Gasteiger partial charge in [-0.25, -0.2) is 4.98 Å². The summed E-state index contributed by atoms with van der Waals surface area (Å²) in [4.78, 5) is 17.8. The number of hydrogen-bond donors (Lipinski definition) is 0. The number of hydrogen-bond acceptors (Lipinski definition) is 5. The van der Waals surface area contributed by atoms with Crippen molar-refractivity contribution in [3.8, 4) is 0 Å². The minimum Gasteiger partial charge on any atom is -0.366 e. The Kier molecular flexibility index (Phi) is 2.99. The average Bonchev–Trinajstić information content (AvgIpc) is 2.60. The zero-order valence-corrected chi connectivity index (χ0v) is 11.5. The summed E-state index contributed by atoms with van der Waals surface area (Å²) in [6, 6.07) is 0. The van der Waals surface area contributed by atoms with Crippen molar-refractivity contribution in [2.75, 3.05) is 18.0 Å². The maximum absolute atomic E-state index is 10.7. The van der Waals surface area contributed by atoms with Crippen molar-refractivity contribution in [1.29, 1.82) is 0 Å². The second-order valence-electron chi connectivity index (χ2n) is 5.64. The number of anilines is 1. The molecule has 5 heteroatoms. The van der Waals surface area contributed by atoms with Crippen LogP contribution in [-0.2, 0) is 4.74 Å². The third-order valence-electron chi connectivity index (χ3n) is 2.59. The summed E-state index contributed by atoms with van der Waals surface area (Å²) in [6.45, 7) is 9.90. The van der Waals surface area contributed by atoms with E-state index in [9.17, 15) is 4.79 Å². The van der Waals surface area contributed by atoms with Crippen molar-refractivity contribution in [2.24, 2.45) is 0 Å². The van der Waals surface area contributed by atoms with Crippen LogP contribution in [0.2, 0.25) is 0 Å². The molecule has 0 saturated carbocycles. The van der Waals surface area contributed by atoms with Crippen LogP contribution in [0.15, 0.2) is 6.20 Å². The Morgan fingerprint density at radius 2 is 1.94 bits per heavy atom. The first-order chi connectivity index (χ1) is 7.81. The summed E-state index contributed by atoms with van der Waals surface area (Å²) in [7, 11) is 0. The van der Waals surface area contributed by atoms with E-state index in [1.807, 2.05) is 0 Å². The Morgan fingerprint density at radius 1 is 1.35 bits per heavy atom. The lowest BCUT2D eigenvalue weighted by Gasteiger charge is -2.47. The molecule has 1 aromatic rings. The Morgan fingerprint density at radius 3 is 2.41 bits per heavy atom. The van der Waals surface area contributed by atoms with Gasteiger partial charge in [-0.15, -0.1) is 0 Å². The highest BCUT2D eigenvalue weighted by molar-refractivity contribution is 7.17. The number of aldehydes is 1. The van der Waals surface area contributed by atoms with Gasteiger partial charge in [0.05, 0.1) is 22.3 Å². The molecule has 0 spiro atoms. The van der Waals surface area contributed by atoms with Gasteiger partial charge in [-0.2, -0.15) is 0 Å². The van der Waals surface area contributed by atoms with Gasteiger partial charge in [0.15, 0.2) is 11.4 Å². The lowest BCUT2D eigenvalue weighted by molar-refractivity contribution is -0.133.